The molecule has 0 atom stereocenters. The van der Waals surface area contributed by atoms with Crippen LogP contribution in [0, 0.1) is 5.41 Å². The maximum absolute atomic E-state index is 13.4. The van der Waals surface area contributed by atoms with Crippen LogP contribution in [0.15, 0.2) is 42.5 Å². The summed E-state index contributed by atoms with van der Waals surface area (Å²) in [5.41, 5.74) is 7.90. The molecule has 1 saturated carbocycles. The number of carbonyl (C=O) groups is 3. The highest BCUT2D eigenvalue weighted by molar-refractivity contribution is 6.10. The number of amides is 2. The summed E-state index contributed by atoms with van der Waals surface area (Å²) in [7, 11) is 0. The van der Waals surface area contributed by atoms with Gasteiger partial charge in [0.2, 0.25) is 5.91 Å². The average molecular weight is 479 g/mol. The Hall–Kier alpha value is -3.88. The number of benzene rings is 2. The van der Waals surface area contributed by atoms with Crippen LogP contribution in [0.2, 0.25) is 0 Å². The van der Waals surface area contributed by atoms with Gasteiger partial charge in [-0.1, -0.05) is 43.5 Å². The summed E-state index contributed by atoms with van der Waals surface area (Å²) in [6.45, 7) is 0.0700. The Morgan fingerprint density at radius 3 is 2.46 bits per heavy atom. The standard InChI is InChI=1S/C26H30N4O5/c27-25(28)18-8-6-17(7-9-18)16-35-20-10-11-22-21(14-20)26(34)29(13-12-24(32)33)15-23(31)30(22)19-4-2-1-3-5-19/h6-11,14,19H,1-5,12-13,15-16H2,(H3,27,28)(H,32,33). The van der Waals surface area contributed by atoms with Crippen molar-refractivity contribution in [3.05, 3.63) is 59.2 Å². The molecule has 4 rings (SSSR count). The number of aliphatic carboxylic acids is 1. The zero-order valence-corrected chi connectivity index (χ0v) is 19.5. The first-order valence-electron chi connectivity index (χ1n) is 11.9. The van der Waals surface area contributed by atoms with E-state index in [9.17, 15) is 14.4 Å². The molecule has 2 aromatic rings. The SMILES string of the molecule is N=C(N)c1ccc(COc2ccc3c(c2)C(=O)N(CCC(=O)O)CC(=O)N3C2CCCCC2)cc1. The van der Waals surface area contributed by atoms with E-state index < -0.39 is 5.97 Å². The van der Waals surface area contributed by atoms with Gasteiger partial charge in [0.05, 0.1) is 17.7 Å². The predicted octanol–water partition coefficient (Wildman–Crippen LogP) is 3.15. The lowest BCUT2D eigenvalue weighted by Gasteiger charge is -2.34. The first-order valence-corrected chi connectivity index (χ1v) is 11.9. The van der Waals surface area contributed by atoms with Crippen molar-refractivity contribution < 1.29 is 24.2 Å². The van der Waals surface area contributed by atoms with Gasteiger partial charge in [-0.05, 0) is 36.6 Å². The maximum Gasteiger partial charge on any atom is 0.305 e. The number of fused-ring (bicyclic) bond motifs is 1. The molecule has 9 heteroatoms. The second-order valence-electron chi connectivity index (χ2n) is 9.00. The molecule has 4 N–H and O–H groups in total. The summed E-state index contributed by atoms with van der Waals surface area (Å²) >= 11 is 0. The van der Waals surface area contributed by atoms with Gasteiger partial charge in [0.15, 0.2) is 0 Å². The maximum atomic E-state index is 13.4. The number of carbonyl (C=O) groups excluding carboxylic acids is 2. The second kappa shape index (κ2) is 10.6. The van der Waals surface area contributed by atoms with E-state index >= 15 is 0 Å². The van der Waals surface area contributed by atoms with E-state index in [-0.39, 0.29) is 49.8 Å². The van der Waals surface area contributed by atoms with Gasteiger partial charge >= 0.3 is 5.97 Å². The highest BCUT2D eigenvalue weighted by atomic mass is 16.5. The number of hydrogen-bond donors (Lipinski definition) is 3. The summed E-state index contributed by atoms with van der Waals surface area (Å²) < 4.78 is 5.94. The smallest absolute Gasteiger partial charge is 0.305 e. The summed E-state index contributed by atoms with van der Waals surface area (Å²) in [4.78, 5) is 40.9. The molecule has 9 nitrogen and oxygen atoms in total. The number of nitrogen functional groups attached to an aromatic ring is 1. The van der Waals surface area contributed by atoms with E-state index in [2.05, 4.69) is 0 Å². The monoisotopic (exact) mass is 478 g/mol. The fourth-order valence-corrected chi connectivity index (χ4v) is 4.70. The molecule has 35 heavy (non-hydrogen) atoms. The number of rotatable bonds is 8. The average Bonchev–Trinajstić information content (AvgIpc) is 2.96. The quantitative estimate of drug-likeness (QED) is 0.394. The van der Waals surface area contributed by atoms with Crippen LogP contribution in [-0.4, -0.2) is 52.8 Å². The third-order valence-corrected chi connectivity index (χ3v) is 6.55. The lowest BCUT2D eigenvalue weighted by Crippen LogP contribution is -2.45. The Bertz CT molecular complexity index is 1130. The molecule has 0 spiro atoms. The Kier molecular flexibility index (Phi) is 7.33. The molecule has 1 fully saturated rings. The molecule has 2 aromatic carbocycles. The summed E-state index contributed by atoms with van der Waals surface area (Å²) in [5, 5.41) is 16.6. The first-order chi connectivity index (χ1) is 16.8. The van der Waals surface area contributed by atoms with Gasteiger partial charge in [-0.25, -0.2) is 0 Å². The topological polar surface area (TPSA) is 137 Å². The molecule has 2 aliphatic rings. The van der Waals surface area contributed by atoms with Crippen molar-refractivity contribution in [1.82, 2.24) is 4.90 Å². The van der Waals surface area contributed by atoms with Gasteiger partial charge in [0.25, 0.3) is 5.91 Å². The normalized spacial score (nSPS) is 16.6. The second-order valence-corrected chi connectivity index (χ2v) is 9.00. The van der Waals surface area contributed by atoms with E-state index in [1.165, 1.54) is 4.90 Å². The van der Waals surface area contributed by atoms with Crippen molar-refractivity contribution in [3.63, 3.8) is 0 Å². The molecule has 184 valence electrons. The van der Waals surface area contributed by atoms with Gasteiger partial charge in [-0.2, -0.15) is 0 Å². The van der Waals surface area contributed by atoms with Crippen molar-refractivity contribution in [1.29, 1.82) is 5.41 Å². The summed E-state index contributed by atoms with van der Waals surface area (Å²) in [6, 6.07) is 12.3. The van der Waals surface area contributed by atoms with Crippen LogP contribution in [0.1, 0.15) is 60.0 Å². The third kappa shape index (κ3) is 5.62. The molecule has 0 radical (unpaired) electrons. The number of hydrogen-bond acceptors (Lipinski definition) is 5. The molecule has 0 unspecified atom stereocenters. The van der Waals surface area contributed by atoms with Crippen molar-refractivity contribution in [3.8, 4) is 5.75 Å². The fourth-order valence-electron chi connectivity index (χ4n) is 4.70. The lowest BCUT2D eigenvalue weighted by molar-refractivity contribution is -0.137. The fraction of sp³-hybridized carbons (Fsp3) is 0.385. The van der Waals surface area contributed by atoms with E-state index in [4.69, 9.17) is 21.0 Å². The molecule has 0 bridgehead atoms. The molecule has 0 aromatic heterocycles. The number of carboxylic acids is 1. The van der Waals surface area contributed by atoms with E-state index in [1.807, 2.05) is 12.1 Å². The minimum Gasteiger partial charge on any atom is -0.489 e. The van der Waals surface area contributed by atoms with Crippen molar-refractivity contribution in [2.45, 2.75) is 51.2 Å². The van der Waals surface area contributed by atoms with Crippen LogP contribution in [0.4, 0.5) is 5.69 Å². The minimum atomic E-state index is -1.02. The number of nitrogens with two attached hydrogens (primary N) is 1. The molecule has 0 saturated heterocycles. The predicted molar refractivity (Wildman–Crippen MR) is 131 cm³/mol. The van der Waals surface area contributed by atoms with Crippen molar-refractivity contribution in [2.24, 2.45) is 5.73 Å². The number of nitrogens with one attached hydrogen (secondary N) is 1. The van der Waals surface area contributed by atoms with Crippen LogP contribution in [0.25, 0.3) is 0 Å². The molecule has 1 aliphatic carbocycles. The van der Waals surface area contributed by atoms with Crippen LogP contribution >= 0.6 is 0 Å². The van der Waals surface area contributed by atoms with Gasteiger partial charge in [0.1, 0.15) is 24.7 Å². The zero-order valence-electron chi connectivity index (χ0n) is 19.5. The summed E-state index contributed by atoms with van der Waals surface area (Å²) in [6.07, 6.45) is 4.72. The zero-order chi connectivity index (χ0) is 24.9. The Balaban J connectivity index is 1.61. The van der Waals surface area contributed by atoms with Crippen LogP contribution < -0.4 is 15.4 Å². The van der Waals surface area contributed by atoms with Gasteiger partial charge < -0.3 is 25.4 Å². The number of amidine groups is 1. The van der Waals surface area contributed by atoms with Crippen molar-refractivity contribution >= 4 is 29.3 Å². The molecular formula is C26H30N4O5. The Morgan fingerprint density at radius 2 is 1.80 bits per heavy atom. The largest absolute Gasteiger partial charge is 0.489 e. The number of nitrogens with zero attached hydrogens (tertiary/aromatic N) is 2. The first kappa shape index (κ1) is 24.3. The third-order valence-electron chi connectivity index (χ3n) is 6.55. The minimum absolute atomic E-state index is 0.00810. The van der Waals surface area contributed by atoms with Crippen LogP contribution in [0.3, 0.4) is 0 Å². The number of anilines is 1. The van der Waals surface area contributed by atoms with Crippen LogP contribution in [-0.2, 0) is 16.2 Å². The lowest BCUT2D eigenvalue weighted by atomic mass is 9.93. The summed E-state index contributed by atoms with van der Waals surface area (Å²) in [5.74, 6) is -1.11. The highest BCUT2D eigenvalue weighted by Crippen LogP contribution is 2.35. The molecular weight excluding hydrogens is 448 g/mol. The number of ether oxygens (including phenoxy) is 1. The van der Waals surface area contributed by atoms with E-state index in [0.717, 1.165) is 37.7 Å². The van der Waals surface area contributed by atoms with E-state index in [1.54, 1.807) is 35.2 Å². The van der Waals surface area contributed by atoms with E-state index in [0.29, 0.717) is 22.6 Å². The number of carboxylic acid groups (broad SMARTS) is 1. The molecule has 1 heterocycles. The van der Waals surface area contributed by atoms with Gasteiger partial charge in [-0.15, -0.1) is 0 Å². The highest BCUT2D eigenvalue weighted by Gasteiger charge is 2.36. The molecule has 1 aliphatic heterocycles. The van der Waals surface area contributed by atoms with Crippen molar-refractivity contribution in [2.75, 3.05) is 18.0 Å². The Labute approximate surface area is 204 Å². The van der Waals surface area contributed by atoms with Gasteiger partial charge in [0, 0.05) is 18.2 Å². The van der Waals surface area contributed by atoms with Crippen LogP contribution in [0.5, 0.6) is 5.75 Å². The van der Waals surface area contributed by atoms with Gasteiger partial charge in [-0.3, -0.25) is 19.8 Å². The Morgan fingerprint density at radius 1 is 1.09 bits per heavy atom. The molecule has 2 amide bonds.